The first-order chi connectivity index (χ1) is 12.0. The number of rotatable bonds is 5. The number of ether oxygens (including phenoxy) is 1. The number of nitrogens with one attached hydrogen (secondary N) is 1. The molecule has 3 rings (SSSR count). The van der Waals surface area contributed by atoms with E-state index in [2.05, 4.69) is 5.32 Å². The van der Waals surface area contributed by atoms with Crippen LogP contribution in [0.15, 0.2) is 12.1 Å². The molecule has 132 valence electrons. The predicted octanol–water partition coefficient (Wildman–Crippen LogP) is 4.34. The molecule has 0 atom stereocenters. The Hall–Kier alpha value is -1.70. The molecule has 0 radical (unpaired) electrons. The summed E-state index contributed by atoms with van der Waals surface area (Å²) in [5.74, 6) is -1.11. The summed E-state index contributed by atoms with van der Waals surface area (Å²) in [5, 5.41) is 3.22. The number of hydrogen-bond donors (Lipinski definition) is 1. The van der Waals surface area contributed by atoms with Gasteiger partial charge in [-0.1, -0.05) is 11.6 Å². The average Bonchev–Trinajstić information content (AvgIpc) is 3.15. The van der Waals surface area contributed by atoms with Gasteiger partial charge in [-0.15, -0.1) is 22.7 Å². The summed E-state index contributed by atoms with van der Waals surface area (Å²) in [5.41, 5.74) is 1.34. The predicted molar refractivity (Wildman–Crippen MR) is 99.2 cm³/mol. The third kappa shape index (κ3) is 4.11. The fourth-order valence-electron chi connectivity index (χ4n) is 2.77. The van der Waals surface area contributed by atoms with Gasteiger partial charge < -0.3 is 10.1 Å². The van der Waals surface area contributed by atoms with E-state index in [0.717, 1.165) is 47.5 Å². The second-order valence-electron chi connectivity index (χ2n) is 5.70. The SMILES string of the molecule is CC(=O)Nc1sc2c(c1C(=O)OCC(=O)c1ccc(Cl)s1)CCCC2. The Bertz CT molecular complexity index is 840. The highest BCUT2D eigenvalue weighted by Crippen LogP contribution is 2.38. The van der Waals surface area contributed by atoms with Gasteiger partial charge in [-0.3, -0.25) is 9.59 Å². The molecule has 2 aromatic heterocycles. The normalized spacial score (nSPS) is 13.2. The van der Waals surface area contributed by atoms with E-state index in [-0.39, 0.29) is 18.3 Å². The van der Waals surface area contributed by atoms with Crippen molar-refractivity contribution in [2.75, 3.05) is 11.9 Å². The van der Waals surface area contributed by atoms with Crippen LogP contribution in [0.1, 0.15) is 50.2 Å². The summed E-state index contributed by atoms with van der Waals surface area (Å²) in [7, 11) is 0. The molecule has 25 heavy (non-hydrogen) atoms. The lowest BCUT2D eigenvalue weighted by Gasteiger charge is -2.12. The van der Waals surface area contributed by atoms with Crippen LogP contribution in [0.25, 0.3) is 0 Å². The fourth-order valence-corrected chi connectivity index (χ4v) is 5.06. The molecule has 0 saturated heterocycles. The van der Waals surface area contributed by atoms with E-state index >= 15 is 0 Å². The van der Waals surface area contributed by atoms with Crippen molar-refractivity contribution in [3.8, 4) is 0 Å². The van der Waals surface area contributed by atoms with E-state index in [1.54, 1.807) is 12.1 Å². The summed E-state index contributed by atoms with van der Waals surface area (Å²) in [6.07, 6.45) is 3.74. The first-order valence-electron chi connectivity index (χ1n) is 7.83. The van der Waals surface area contributed by atoms with Crippen LogP contribution in [0.3, 0.4) is 0 Å². The Balaban J connectivity index is 1.77. The molecule has 1 amide bonds. The number of carbonyl (C=O) groups is 3. The minimum atomic E-state index is -0.570. The Labute approximate surface area is 157 Å². The molecule has 0 aromatic carbocycles. The van der Waals surface area contributed by atoms with Gasteiger partial charge in [0.05, 0.1) is 14.8 Å². The van der Waals surface area contributed by atoms with Crippen molar-refractivity contribution in [3.05, 3.63) is 37.4 Å². The van der Waals surface area contributed by atoms with Crippen LogP contribution >= 0.6 is 34.3 Å². The monoisotopic (exact) mass is 397 g/mol. The van der Waals surface area contributed by atoms with Crippen molar-refractivity contribution in [3.63, 3.8) is 0 Å². The summed E-state index contributed by atoms with van der Waals surface area (Å²) < 4.78 is 5.74. The Morgan fingerprint density at radius 1 is 1.20 bits per heavy atom. The van der Waals surface area contributed by atoms with Gasteiger partial charge in [-0.05, 0) is 43.4 Å². The third-order valence-corrected chi connectivity index (χ3v) is 6.33. The van der Waals surface area contributed by atoms with Crippen LogP contribution in [0, 0.1) is 0 Å². The first-order valence-corrected chi connectivity index (χ1v) is 9.84. The number of fused-ring (bicyclic) bond motifs is 1. The van der Waals surface area contributed by atoms with E-state index < -0.39 is 5.97 Å². The number of thiophene rings is 2. The van der Waals surface area contributed by atoms with Crippen molar-refractivity contribution in [1.82, 2.24) is 0 Å². The second-order valence-corrected chi connectivity index (χ2v) is 8.52. The molecule has 1 N–H and O–H groups in total. The molecule has 0 saturated carbocycles. The molecule has 2 heterocycles. The molecular formula is C17H16ClNO4S2. The Morgan fingerprint density at radius 3 is 2.64 bits per heavy atom. The number of ketones is 1. The molecule has 1 aliphatic rings. The van der Waals surface area contributed by atoms with Gasteiger partial charge in [0.1, 0.15) is 5.00 Å². The quantitative estimate of drug-likeness (QED) is 0.601. The maximum absolute atomic E-state index is 12.6. The molecule has 0 fully saturated rings. The Kier molecular flexibility index (Phi) is 5.56. The largest absolute Gasteiger partial charge is 0.454 e. The lowest BCUT2D eigenvalue weighted by atomic mass is 9.95. The number of anilines is 1. The summed E-state index contributed by atoms with van der Waals surface area (Å²) >= 11 is 8.39. The fraction of sp³-hybridized carbons (Fsp3) is 0.353. The summed E-state index contributed by atoms with van der Waals surface area (Å²) in [6.45, 7) is 1.05. The number of halogens is 1. The van der Waals surface area contributed by atoms with Gasteiger partial charge in [0.15, 0.2) is 6.61 Å². The number of Topliss-reactive ketones (excluding diaryl/α,β-unsaturated/α-hetero) is 1. The zero-order chi connectivity index (χ0) is 18.0. The van der Waals surface area contributed by atoms with Gasteiger partial charge in [0.25, 0.3) is 0 Å². The number of aryl methyl sites for hydroxylation is 1. The van der Waals surface area contributed by atoms with E-state index in [9.17, 15) is 14.4 Å². The van der Waals surface area contributed by atoms with Gasteiger partial charge in [-0.2, -0.15) is 0 Å². The van der Waals surface area contributed by atoms with E-state index in [1.165, 1.54) is 18.3 Å². The van der Waals surface area contributed by atoms with Crippen LogP contribution in [-0.2, 0) is 22.4 Å². The van der Waals surface area contributed by atoms with Crippen molar-refractivity contribution < 1.29 is 19.1 Å². The molecule has 0 aliphatic heterocycles. The molecule has 0 spiro atoms. The van der Waals surface area contributed by atoms with Crippen molar-refractivity contribution in [2.24, 2.45) is 0 Å². The average molecular weight is 398 g/mol. The van der Waals surface area contributed by atoms with Gasteiger partial charge in [0, 0.05) is 11.8 Å². The second kappa shape index (κ2) is 7.68. The van der Waals surface area contributed by atoms with Gasteiger partial charge in [-0.25, -0.2) is 4.79 Å². The van der Waals surface area contributed by atoms with E-state index in [0.29, 0.717) is 19.8 Å². The molecule has 0 unspecified atom stereocenters. The molecule has 1 aliphatic carbocycles. The van der Waals surface area contributed by atoms with Crippen LogP contribution in [0.5, 0.6) is 0 Å². The topological polar surface area (TPSA) is 72.5 Å². The van der Waals surface area contributed by atoms with Crippen molar-refractivity contribution in [2.45, 2.75) is 32.6 Å². The van der Waals surface area contributed by atoms with Crippen LogP contribution < -0.4 is 5.32 Å². The van der Waals surface area contributed by atoms with Crippen LogP contribution in [0.4, 0.5) is 5.00 Å². The summed E-state index contributed by atoms with van der Waals surface area (Å²) in [4.78, 5) is 37.7. The highest BCUT2D eigenvalue weighted by molar-refractivity contribution is 7.18. The number of carbonyl (C=O) groups excluding carboxylic acids is 3. The third-order valence-electron chi connectivity index (χ3n) is 3.85. The van der Waals surface area contributed by atoms with Gasteiger partial charge in [0.2, 0.25) is 11.7 Å². The molecule has 8 heteroatoms. The standard InChI is InChI=1S/C17H16ClNO4S2/c1-9(20)19-16-15(10-4-2-3-5-12(10)25-16)17(22)23-8-11(21)13-6-7-14(18)24-13/h6-7H,2-5,8H2,1H3,(H,19,20). The molecule has 5 nitrogen and oxygen atoms in total. The minimum Gasteiger partial charge on any atom is -0.454 e. The zero-order valence-corrected chi connectivity index (χ0v) is 15.9. The van der Waals surface area contributed by atoms with Crippen LogP contribution in [-0.4, -0.2) is 24.3 Å². The Morgan fingerprint density at radius 2 is 1.96 bits per heavy atom. The number of amides is 1. The van der Waals surface area contributed by atoms with Crippen LogP contribution in [0.2, 0.25) is 4.34 Å². The smallest absolute Gasteiger partial charge is 0.341 e. The number of hydrogen-bond acceptors (Lipinski definition) is 6. The van der Waals surface area contributed by atoms with Crippen molar-refractivity contribution in [1.29, 1.82) is 0 Å². The van der Waals surface area contributed by atoms with Crippen molar-refractivity contribution >= 4 is 56.9 Å². The van der Waals surface area contributed by atoms with E-state index in [4.69, 9.17) is 16.3 Å². The molecule has 2 aromatic rings. The minimum absolute atomic E-state index is 0.239. The molecular weight excluding hydrogens is 382 g/mol. The first kappa shape index (κ1) is 18.1. The molecule has 0 bridgehead atoms. The maximum Gasteiger partial charge on any atom is 0.341 e. The number of esters is 1. The summed E-state index contributed by atoms with van der Waals surface area (Å²) in [6, 6.07) is 3.24. The lowest BCUT2D eigenvalue weighted by molar-refractivity contribution is -0.114. The highest BCUT2D eigenvalue weighted by atomic mass is 35.5. The zero-order valence-electron chi connectivity index (χ0n) is 13.5. The highest BCUT2D eigenvalue weighted by Gasteiger charge is 2.27. The van der Waals surface area contributed by atoms with E-state index in [1.807, 2.05) is 0 Å². The lowest BCUT2D eigenvalue weighted by Crippen LogP contribution is -2.17. The maximum atomic E-state index is 12.6. The van der Waals surface area contributed by atoms with Gasteiger partial charge >= 0.3 is 5.97 Å².